The Bertz CT molecular complexity index is 1440. The van der Waals surface area contributed by atoms with Gasteiger partial charge in [-0.1, -0.05) is 54.4 Å². The van der Waals surface area contributed by atoms with Gasteiger partial charge in [0.1, 0.15) is 24.1 Å². The first-order chi connectivity index (χ1) is 19.5. The molecule has 2 amide bonds. The molecule has 9 nitrogen and oxygen atoms in total. The highest BCUT2D eigenvalue weighted by molar-refractivity contribution is 7.92. The number of amides is 2. The summed E-state index contributed by atoms with van der Waals surface area (Å²) in [7, 11) is -1.35. The molecule has 0 heterocycles. The molecule has 0 radical (unpaired) electrons. The van der Waals surface area contributed by atoms with Crippen molar-refractivity contribution < 1.29 is 27.5 Å². The van der Waals surface area contributed by atoms with Crippen molar-refractivity contribution in [1.29, 1.82) is 0 Å². The molecule has 0 fully saturated rings. The highest BCUT2D eigenvalue weighted by atomic mass is 32.2. The molecule has 3 aromatic carbocycles. The topological polar surface area (TPSA) is 105 Å². The fraction of sp³-hybridized carbons (Fsp3) is 0.355. The average Bonchev–Trinajstić information content (AvgIpc) is 2.97. The van der Waals surface area contributed by atoms with E-state index in [-0.39, 0.29) is 28.8 Å². The number of methoxy groups -OCH3 is 2. The summed E-state index contributed by atoms with van der Waals surface area (Å²) in [5, 5.41) is 2.84. The average molecular weight is 582 g/mol. The fourth-order valence-electron chi connectivity index (χ4n) is 4.21. The number of sulfonamides is 1. The zero-order valence-electron chi connectivity index (χ0n) is 24.5. The maximum absolute atomic E-state index is 14.1. The summed E-state index contributed by atoms with van der Waals surface area (Å²) in [5.41, 5.74) is 2.90. The van der Waals surface area contributed by atoms with Gasteiger partial charge >= 0.3 is 0 Å². The second-order valence-corrected chi connectivity index (χ2v) is 11.7. The zero-order chi connectivity index (χ0) is 30.2. The minimum Gasteiger partial charge on any atom is -0.497 e. The van der Waals surface area contributed by atoms with Gasteiger partial charge in [0.2, 0.25) is 11.8 Å². The van der Waals surface area contributed by atoms with E-state index >= 15 is 0 Å². The Hall–Kier alpha value is -4.05. The van der Waals surface area contributed by atoms with Crippen molar-refractivity contribution in [2.45, 2.75) is 51.6 Å². The molecule has 3 rings (SSSR count). The summed E-state index contributed by atoms with van der Waals surface area (Å²) in [6.45, 7) is 7.41. The maximum atomic E-state index is 14.1. The summed E-state index contributed by atoms with van der Waals surface area (Å²) in [6, 6.07) is 17.9. The molecule has 1 N–H and O–H groups in total. The van der Waals surface area contributed by atoms with Gasteiger partial charge in [0.25, 0.3) is 10.0 Å². The number of nitrogens with one attached hydrogen (secondary N) is 1. The Labute approximate surface area is 243 Å². The second-order valence-electron chi connectivity index (χ2n) is 9.84. The predicted molar refractivity (Wildman–Crippen MR) is 160 cm³/mol. The third-order valence-electron chi connectivity index (χ3n) is 6.73. The first-order valence-electron chi connectivity index (χ1n) is 13.5. The number of rotatable bonds is 13. The van der Waals surface area contributed by atoms with Crippen LogP contribution in [0.5, 0.6) is 11.5 Å². The van der Waals surface area contributed by atoms with Crippen LogP contribution in [0, 0.1) is 13.8 Å². The Kier molecular flexibility index (Phi) is 10.8. The molecule has 0 aliphatic carbocycles. The van der Waals surface area contributed by atoms with Gasteiger partial charge in [-0.25, -0.2) is 8.42 Å². The van der Waals surface area contributed by atoms with E-state index in [9.17, 15) is 18.0 Å². The minimum atomic E-state index is -4.25. The second kappa shape index (κ2) is 14.0. The van der Waals surface area contributed by atoms with E-state index in [0.717, 1.165) is 27.4 Å². The van der Waals surface area contributed by atoms with Crippen LogP contribution in [0.2, 0.25) is 0 Å². The van der Waals surface area contributed by atoms with Crippen molar-refractivity contribution in [3.63, 3.8) is 0 Å². The number of benzene rings is 3. The first-order valence-corrected chi connectivity index (χ1v) is 14.9. The Morgan fingerprint density at radius 1 is 0.902 bits per heavy atom. The lowest BCUT2D eigenvalue weighted by atomic mass is 10.1. The van der Waals surface area contributed by atoms with Crippen LogP contribution in [-0.4, -0.2) is 58.5 Å². The predicted octanol–water partition coefficient (Wildman–Crippen LogP) is 4.46. The quantitative estimate of drug-likeness (QED) is 0.320. The smallest absolute Gasteiger partial charge is 0.264 e. The van der Waals surface area contributed by atoms with Crippen molar-refractivity contribution in [3.05, 3.63) is 83.4 Å². The SMILES string of the molecule is CCCNC(=O)[C@@H](C)N(Cc1ccc(C)cc1)C(=O)CN(c1cc(OC)ccc1OC)S(=O)(=O)c1ccc(C)cc1. The van der Waals surface area contributed by atoms with Crippen LogP contribution < -0.4 is 19.1 Å². The van der Waals surface area contributed by atoms with Gasteiger partial charge in [-0.05, 0) is 57.0 Å². The standard InChI is InChI=1S/C31H39N3O6S/c1-7-18-32-31(36)24(4)33(20-25-12-8-22(2)9-13-25)30(35)21-34(28-19-26(39-5)14-17-29(28)40-6)41(37,38)27-15-10-23(3)11-16-27/h8-17,19,24H,7,18,20-21H2,1-6H3,(H,32,36)/t24-/m1/s1. The van der Waals surface area contributed by atoms with E-state index in [1.54, 1.807) is 31.2 Å². The van der Waals surface area contributed by atoms with Gasteiger partial charge in [-0.2, -0.15) is 0 Å². The van der Waals surface area contributed by atoms with E-state index in [4.69, 9.17) is 9.47 Å². The van der Waals surface area contributed by atoms with Gasteiger partial charge in [0, 0.05) is 19.2 Å². The third-order valence-corrected chi connectivity index (χ3v) is 8.51. The number of carbonyl (C=O) groups excluding carboxylic acids is 2. The normalized spacial score (nSPS) is 11.9. The summed E-state index contributed by atoms with van der Waals surface area (Å²) < 4.78 is 40.1. The number of nitrogens with zero attached hydrogens (tertiary/aromatic N) is 2. The third kappa shape index (κ3) is 7.79. The van der Waals surface area contributed by atoms with Crippen LogP contribution in [0.1, 0.15) is 37.0 Å². The number of hydrogen-bond donors (Lipinski definition) is 1. The molecule has 41 heavy (non-hydrogen) atoms. The Morgan fingerprint density at radius 2 is 1.51 bits per heavy atom. The van der Waals surface area contributed by atoms with Crippen LogP contribution in [0.15, 0.2) is 71.6 Å². The lowest BCUT2D eigenvalue weighted by Gasteiger charge is -2.32. The molecule has 0 aromatic heterocycles. The highest BCUT2D eigenvalue weighted by Crippen LogP contribution is 2.36. The zero-order valence-corrected chi connectivity index (χ0v) is 25.3. The van der Waals surface area contributed by atoms with Gasteiger partial charge < -0.3 is 19.7 Å². The maximum Gasteiger partial charge on any atom is 0.264 e. The summed E-state index contributed by atoms with van der Waals surface area (Å²) in [6.07, 6.45) is 0.739. The monoisotopic (exact) mass is 581 g/mol. The van der Waals surface area contributed by atoms with Crippen molar-refractivity contribution in [3.8, 4) is 11.5 Å². The molecular formula is C31H39N3O6S. The van der Waals surface area contributed by atoms with E-state index < -0.39 is 28.5 Å². The summed E-state index contributed by atoms with van der Waals surface area (Å²) >= 11 is 0. The lowest BCUT2D eigenvalue weighted by Crippen LogP contribution is -2.51. The number of ether oxygens (including phenoxy) is 2. The van der Waals surface area contributed by atoms with E-state index in [1.165, 1.54) is 37.3 Å². The minimum absolute atomic E-state index is 0.0135. The number of aryl methyl sites for hydroxylation is 2. The van der Waals surface area contributed by atoms with Crippen molar-refractivity contribution in [1.82, 2.24) is 10.2 Å². The van der Waals surface area contributed by atoms with Crippen LogP contribution in [0.25, 0.3) is 0 Å². The lowest BCUT2D eigenvalue weighted by molar-refractivity contribution is -0.139. The van der Waals surface area contributed by atoms with Crippen LogP contribution in [-0.2, 0) is 26.2 Å². The molecule has 0 saturated heterocycles. The summed E-state index contributed by atoms with van der Waals surface area (Å²) in [5.74, 6) is -0.237. The van der Waals surface area contributed by atoms with Gasteiger partial charge in [-0.3, -0.25) is 13.9 Å². The molecule has 0 aliphatic heterocycles. The van der Waals surface area contributed by atoms with Gasteiger partial charge in [0.15, 0.2) is 0 Å². The fourth-order valence-corrected chi connectivity index (χ4v) is 5.63. The van der Waals surface area contributed by atoms with Crippen molar-refractivity contribution in [2.75, 3.05) is 31.6 Å². The van der Waals surface area contributed by atoms with Crippen LogP contribution in [0.3, 0.4) is 0 Å². The molecule has 0 bridgehead atoms. The molecule has 3 aromatic rings. The van der Waals surface area contributed by atoms with Gasteiger partial charge in [0.05, 0.1) is 24.8 Å². The van der Waals surface area contributed by atoms with Crippen LogP contribution in [0.4, 0.5) is 5.69 Å². The van der Waals surface area contributed by atoms with E-state index in [0.29, 0.717) is 12.3 Å². The van der Waals surface area contributed by atoms with Crippen molar-refractivity contribution >= 4 is 27.5 Å². The molecular weight excluding hydrogens is 542 g/mol. The Morgan fingerprint density at radius 3 is 2.07 bits per heavy atom. The molecule has 0 saturated carbocycles. The van der Waals surface area contributed by atoms with Crippen molar-refractivity contribution in [2.24, 2.45) is 0 Å². The highest BCUT2D eigenvalue weighted by Gasteiger charge is 2.34. The summed E-state index contributed by atoms with van der Waals surface area (Å²) in [4.78, 5) is 28.5. The number of carbonyl (C=O) groups is 2. The molecule has 0 spiro atoms. The molecule has 0 aliphatic rings. The molecule has 220 valence electrons. The first kappa shape index (κ1) is 31.5. The largest absolute Gasteiger partial charge is 0.497 e. The molecule has 10 heteroatoms. The van der Waals surface area contributed by atoms with E-state index in [1.807, 2.05) is 45.0 Å². The number of hydrogen-bond acceptors (Lipinski definition) is 6. The Balaban J connectivity index is 2.10. The van der Waals surface area contributed by atoms with E-state index in [2.05, 4.69) is 5.32 Å². The van der Waals surface area contributed by atoms with Crippen LogP contribution >= 0.6 is 0 Å². The number of anilines is 1. The molecule has 1 atom stereocenters. The van der Waals surface area contributed by atoms with Gasteiger partial charge in [-0.15, -0.1) is 0 Å². The molecule has 0 unspecified atom stereocenters.